The zero-order chi connectivity index (χ0) is 18.8. The van der Waals surface area contributed by atoms with Gasteiger partial charge in [0.05, 0.1) is 0 Å². The quantitative estimate of drug-likeness (QED) is 0.710. The SMILES string of the molecule is Cc1cccc(C)c1NC(=O)[C@H](c1ccccc1)N1CCc2ccccc21. The average Bonchev–Trinajstić information content (AvgIpc) is 3.10. The molecule has 27 heavy (non-hydrogen) atoms. The lowest BCUT2D eigenvalue weighted by Gasteiger charge is -2.30. The first kappa shape index (κ1) is 17.3. The summed E-state index contributed by atoms with van der Waals surface area (Å²) < 4.78 is 0. The van der Waals surface area contributed by atoms with Crippen LogP contribution in [0.15, 0.2) is 72.8 Å². The summed E-state index contributed by atoms with van der Waals surface area (Å²) in [5.41, 5.74) is 6.55. The number of hydrogen-bond acceptors (Lipinski definition) is 2. The van der Waals surface area contributed by atoms with E-state index < -0.39 is 0 Å². The lowest BCUT2D eigenvalue weighted by atomic mass is 10.0. The van der Waals surface area contributed by atoms with E-state index in [0.717, 1.165) is 41.0 Å². The molecular formula is C24H24N2O. The molecule has 3 nitrogen and oxygen atoms in total. The van der Waals surface area contributed by atoms with Crippen LogP contribution >= 0.6 is 0 Å². The zero-order valence-corrected chi connectivity index (χ0v) is 15.8. The second kappa shape index (κ2) is 7.28. The first-order chi connectivity index (χ1) is 13.1. The number of aryl methyl sites for hydroxylation is 2. The number of carbonyl (C=O) groups excluding carboxylic acids is 1. The number of rotatable bonds is 4. The highest BCUT2D eigenvalue weighted by molar-refractivity contribution is 5.99. The molecule has 0 aromatic heterocycles. The van der Waals surface area contributed by atoms with Gasteiger partial charge in [0.15, 0.2) is 0 Å². The Labute approximate surface area is 160 Å². The molecule has 0 radical (unpaired) electrons. The normalized spacial score (nSPS) is 13.9. The van der Waals surface area contributed by atoms with Crippen LogP contribution in [-0.2, 0) is 11.2 Å². The monoisotopic (exact) mass is 356 g/mol. The van der Waals surface area contributed by atoms with Gasteiger partial charge in [0.2, 0.25) is 0 Å². The molecule has 4 rings (SSSR count). The maximum absolute atomic E-state index is 13.5. The number of nitrogens with one attached hydrogen (secondary N) is 1. The predicted octanol–water partition coefficient (Wildman–Crippen LogP) is 5.05. The van der Waals surface area contributed by atoms with E-state index in [-0.39, 0.29) is 11.9 Å². The van der Waals surface area contributed by atoms with E-state index in [2.05, 4.69) is 28.4 Å². The Kier molecular flexibility index (Phi) is 4.68. The van der Waals surface area contributed by atoms with E-state index in [1.165, 1.54) is 5.56 Å². The largest absolute Gasteiger partial charge is 0.355 e. The molecule has 3 heteroatoms. The maximum atomic E-state index is 13.5. The van der Waals surface area contributed by atoms with Gasteiger partial charge >= 0.3 is 0 Å². The highest BCUT2D eigenvalue weighted by atomic mass is 16.2. The summed E-state index contributed by atoms with van der Waals surface area (Å²) in [5, 5.41) is 3.20. The lowest BCUT2D eigenvalue weighted by Crippen LogP contribution is -2.36. The fourth-order valence-corrected chi connectivity index (χ4v) is 3.94. The van der Waals surface area contributed by atoms with Crippen LogP contribution in [0.3, 0.4) is 0 Å². The van der Waals surface area contributed by atoms with E-state index in [0.29, 0.717) is 0 Å². The summed E-state index contributed by atoms with van der Waals surface area (Å²) in [4.78, 5) is 15.7. The maximum Gasteiger partial charge on any atom is 0.251 e. The molecular weight excluding hydrogens is 332 g/mol. The van der Waals surface area contributed by atoms with E-state index >= 15 is 0 Å². The summed E-state index contributed by atoms with van der Waals surface area (Å²) >= 11 is 0. The van der Waals surface area contributed by atoms with Crippen LogP contribution in [0.2, 0.25) is 0 Å². The minimum absolute atomic E-state index is 0.00954. The fraction of sp³-hybridized carbons (Fsp3) is 0.208. The standard InChI is InChI=1S/C24H24N2O/c1-17-9-8-10-18(2)22(17)25-24(27)23(20-12-4-3-5-13-20)26-16-15-19-11-6-7-14-21(19)26/h3-14,23H,15-16H2,1-2H3,(H,25,27)/t23-/m0/s1. The Bertz CT molecular complexity index is 945. The van der Waals surface area contributed by atoms with Crippen molar-refractivity contribution in [3.63, 3.8) is 0 Å². The number of nitrogens with zero attached hydrogens (tertiary/aromatic N) is 1. The molecule has 1 amide bonds. The lowest BCUT2D eigenvalue weighted by molar-refractivity contribution is -0.117. The Morgan fingerprint density at radius 1 is 0.889 bits per heavy atom. The number of para-hydroxylation sites is 2. The fourth-order valence-electron chi connectivity index (χ4n) is 3.94. The summed E-state index contributed by atoms with van der Waals surface area (Å²) in [6.45, 7) is 4.91. The van der Waals surface area contributed by atoms with Crippen molar-refractivity contribution >= 4 is 17.3 Å². The van der Waals surface area contributed by atoms with E-state index in [4.69, 9.17) is 0 Å². The van der Waals surface area contributed by atoms with Gasteiger partial charge in [0.25, 0.3) is 5.91 Å². The molecule has 1 aliphatic rings. The van der Waals surface area contributed by atoms with Crippen LogP contribution in [0.25, 0.3) is 0 Å². The van der Waals surface area contributed by atoms with Gasteiger partial charge in [-0.15, -0.1) is 0 Å². The van der Waals surface area contributed by atoms with Crippen LogP contribution < -0.4 is 10.2 Å². The summed E-state index contributed by atoms with van der Waals surface area (Å²) in [5.74, 6) is 0.00954. The molecule has 1 aliphatic heterocycles. The molecule has 0 unspecified atom stereocenters. The number of anilines is 2. The highest BCUT2D eigenvalue weighted by Gasteiger charge is 2.32. The molecule has 136 valence electrons. The second-order valence-electron chi connectivity index (χ2n) is 7.14. The number of hydrogen-bond donors (Lipinski definition) is 1. The van der Waals surface area contributed by atoms with Crippen molar-refractivity contribution < 1.29 is 4.79 Å². The van der Waals surface area contributed by atoms with Crippen LogP contribution in [0.1, 0.15) is 28.3 Å². The van der Waals surface area contributed by atoms with Crippen LogP contribution in [-0.4, -0.2) is 12.5 Å². The van der Waals surface area contributed by atoms with E-state index in [1.54, 1.807) is 0 Å². The van der Waals surface area contributed by atoms with Crippen molar-refractivity contribution in [2.24, 2.45) is 0 Å². The van der Waals surface area contributed by atoms with Gasteiger partial charge in [-0.1, -0.05) is 66.7 Å². The predicted molar refractivity (Wildman–Crippen MR) is 111 cm³/mol. The number of amides is 1. The molecule has 0 aliphatic carbocycles. The molecule has 1 heterocycles. The number of carbonyl (C=O) groups is 1. The van der Waals surface area contributed by atoms with Crippen LogP contribution in [0.4, 0.5) is 11.4 Å². The summed E-state index contributed by atoms with van der Waals surface area (Å²) in [6.07, 6.45) is 0.968. The van der Waals surface area contributed by atoms with Gasteiger partial charge in [0, 0.05) is 17.9 Å². The van der Waals surface area contributed by atoms with Crippen LogP contribution in [0.5, 0.6) is 0 Å². The van der Waals surface area contributed by atoms with Gasteiger partial charge < -0.3 is 10.2 Å². The Morgan fingerprint density at radius 3 is 2.30 bits per heavy atom. The molecule has 3 aromatic carbocycles. The minimum atomic E-state index is -0.353. The van der Waals surface area contributed by atoms with Gasteiger partial charge in [-0.05, 0) is 48.6 Å². The van der Waals surface area contributed by atoms with Gasteiger partial charge in [0.1, 0.15) is 6.04 Å². The molecule has 0 spiro atoms. The first-order valence-electron chi connectivity index (χ1n) is 9.42. The van der Waals surface area contributed by atoms with Gasteiger partial charge in [-0.3, -0.25) is 4.79 Å². The third kappa shape index (κ3) is 3.33. The molecule has 1 atom stereocenters. The third-order valence-corrected chi connectivity index (χ3v) is 5.33. The van der Waals surface area contributed by atoms with Crippen molar-refractivity contribution in [3.05, 3.63) is 95.1 Å². The third-order valence-electron chi connectivity index (χ3n) is 5.33. The van der Waals surface area contributed by atoms with Crippen molar-refractivity contribution in [2.45, 2.75) is 26.3 Å². The Hall–Kier alpha value is -3.07. The molecule has 3 aromatic rings. The van der Waals surface area contributed by atoms with Crippen molar-refractivity contribution in [1.82, 2.24) is 0 Å². The first-order valence-corrected chi connectivity index (χ1v) is 9.42. The molecule has 0 saturated carbocycles. The van der Waals surface area contributed by atoms with Gasteiger partial charge in [-0.25, -0.2) is 0 Å². The van der Waals surface area contributed by atoms with Gasteiger partial charge in [-0.2, -0.15) is 0 Å². The molecule has 0 saturated heterocycles. The minimum Gasteiger partial charge on any atom is -0.355 e. The average molecular weight is 356 g/mol. The number of benzene rings is 3. The van der Waals surface area contributed by atoms with Crippen molar-refractivity contribution in [3.8, 4) is 0 Å². The topological polar surface area (TPSA) is 32.3 Å². The van der Waals surface area contributed by atoms with E-state index in [9.17, 15) is 4.79 Å². The second-order valence-corrected chi connectivity index (χ2v) is 7.14. The Morgan fingerprint density at radius 2 is 1.56 bits per heavy atom. The van der Waals surface area contributed by atoms with Crippen LogP contribution in [0, 0.1) is 13.8 Å². The zero-order valence-electron chi connectivity index (χ0n) is 15.8. The highest BCUT2D eigenvalue weighted by Crippen LogP contribution is 2.36. The molecule has 1 N–H and O–H groups in total. The Balaban J connectivity index is 1.72. The van der Waals surface area contributed by atoms with Crippen molar-refractivity contribution in [1.29, 1.82) is 0 Å². The summed E-state index contributed by atoms with van der Waals surface area (Å²) in [7, 11) is 0. The molecule has 0 bridgehead atoms. The molecule has 0 fully saturated rings. The smallest absolute Gasteiger partial charge is 0.251 e. The van der Waals surface area contributed by atoms with Crippen molar-refractivity contribution in [2.75, 3.05) is 16.8 Å². The number of fused-ring (bicyclic) bond motifs is 1. The summed E-state index contributed by atoms with van der Waals surface area (Å²) in [6, 6.07) is 24.2. The van der Waals surface area contributed by atoms with E-state index in [1.807, 2.05) is 68.4 Å².